The minimum Gasteiger partial charge on any atom is -0.390 e. The van der Waals surface area contributed by atoms with Gasteiger partial charge in [-0.05, 0) is 43.5 Å². The normalized spacial score (nSPS) is 21.3. The van der Waals surface area contributed by atoms with Crippen molar-refractivity contribution in [2.45, 2.75) is 43.8 Å². The van der Waals surface area contributed by atoms with E-state index in [9.17, 15) is 18.3 Å². The predicted octanol–water partition coefficient (Wildman–Crippen LogP) is 4.87. The van der Waals surface area contributed by atoms with Crippen molar-refractivity contribution in [3.05, 3.63) is 64.9 Å². The molecule has 200 valence electrons. The summed E-state index contributed by atoms with van der Waals surface area (Å²) in [6.07, 6.45) is 0.868. The van der Waals surface area contributed by atoms with Crippen molar-refractivity contribution < 1.29 is 27.1 Å². The van der Waals surface area contributed by atoms with Gasteiger partial charge in [0, 0.05) is 53.5 Å². The Morgan fingerprint density at radius 3 is 2.51 bits per heavy atom. The number of hydrogen-bond acceptors (Lipinski definition) is 4. The van der Waals surface area contributed by atoms with Gasteiger partial charge in [0.05, 0.1) is 25.3 Å². The van der Waals surface area contributed by atoms with Crippen molar-refractivity contribution in [1.29, 1.82) is 0 Å². The maximum absolute atomic E-state index is 15.7. The Kier molecular flexibility index (Phi) is 7.17. The van der Waals surface area contributed by atoms with Gasteiger partial charge in [-0.3, -0.25) is 14.2 Å². The van der Waals surface area contributed by atoms with Crippen LogP contribution in [0.5, 0.6) is 0 Å². The lowest BCUT2D eigenvalue weighted by molar-refractivity contribution is -0.0869. The highest BCUT2D eigenvalue weighted by Crippen LogP contribution is 2.43. The van der Waals surface area contributed by atoms with Crippen molar-refractivity contribution in [2.24, 2.45) is 0 Å². The van der Waals surface area contributed by atoms with Gasteiger partial charge < -0.3 is 15.4 Å². The van der Waals surface area contributed by atoms with E-state index in [1.807, 2.05) is 24.3 Å². The Balaban J connectivity index is 1.50. The SMILES string of the molecule is CC1Cc2c([nH]c3ccccc23)[C@@H](c2c(F)cc(NC3CN(CCCF)C3)cc2F)N1CC(F)(F)CO. The molecule has 2 aliphatic rings. The van der Waals surface area contributed by atoms with Crippen molar-refractivity contribution >= 4 is 16.6 Å². The topological polar surface area (TPSA) is 54.5 Å². The van der Waals surface area contributed by atoms with Gasteiger partial charge in [-0.1, -0.05) is 18.2 Å². The van der Waals surface area contributed by atoms with Crippen LogP contribution in [-0.2, 0) is 6.42 Å². The molecule has 1 aromatic heterocycles. The van der Waals surface area contributed by atoms with E-state index >= 15 is 8.78 Å². The minimum absolute atomic E-state index is 0.0148. The average Bonchev–Trinajstić information content (AvgIpc) is 3.19. The summed E-state index contributed by atoms with van der Waals surface area (Å²) >= 11 is 0. The maximum Gasteiger partial charge on any atom is 0.283 e. The van der Waals surface area contributed by atoms with Crippen LogP contribution in [0.1, 0.15) is 36.2 Å². The molecule has 2 aromatic carbocycles. The molecule has 2 aliphatic heterocycles. The lowest BCUT2D eigenvalue weighted by atomic mass is 9.87. The summed E-state index contributed by atoms with van der Waals surface area (Å²) in [5, 5.41) is 13.2. The first-order valence-electron chi connectivity index (χ1n) is 12.6. The van der Waals surface area contributed by atoms with E-state index in [4.69, 9.17) is 0 Å². The first kappa shape index (κ1) is 25.9. The Morgan fingerprint density at radius 1 is 1.14 bits per heavy atom. The molecule has 0 amide bonds. The molecule has 0 bridgehead atoms. The molecule has 1 saturated heterocycles. The summed E-state index contributed by atoms with van der Waals surface area (Å²) in [6, 6.07) is 8.25. The summed E-state index contributed by atoms with van der Waals surface area (Å²) in [7, 11) is 0. The van der Waals surface area contributed by atoms with Crippen molar-refractivity contribution in [3.8, 4) is 0 Å². The second kappa shape index (κ2) is 10.2. The number of fused-ring (bicyclic) bond motifs is 3. The molecule has 1 unspecified atom stereocenters. The molecule has 3 N–H and O–H groups in total. The molecular weight excluding hydrogens is 491 g/mol. The lowest BCUT2D eigenvalue weighted by Gasteiger charge is -2.42. The number of aliphatic hydroxyl groups is 1. The molecule has 0 spiro atoms. The fraction of sp³-hybridized carbons (Fsp3) is 0.481. The Labute approximate surface area is 212 Å². The van der Waals surface area contributed by atoms with Crippen LogP contribution in [0.4, 0.5) is 27.6 Å². The molecule has 1 fully saturated rings. The quantitative estimate of drug-likeness (QED) is 0.351. The van der Waals surface area contributed by atoms with Crippen LogP contribution >= 0.6 is 0 Å². The van der Waals surface area contributed by atoms with Gasteiger partial charge in [-0.25, -0.2) is 17.6 Å². The molecule has 10 heteroatoms. The number of nitrogens with one attached hydrogen (secondary N) is 2. The second-order valence-electron chi connectivity index (χ2n) is 10.2. The van der Waals surface area contributed by atoms with Crippen LogP contribution in [0.3, 0.4) is 0 Å². The maximum atomic E-state index is 15.7. The highest BCUT2D eigenvalue weighted by Gasteiger charge is 2.43. The molecule has 3 heterocycles. The van der Waals surface area contributed by atoms with Gasteiger partial charge in [-0.15, -0.1) is 0 Å². The van der Waals surface area contributed by atoms with E-state index in [2.05, 4.69) is 15.2 Å². The second-order valence-corrected chi connectivity index (χ2v) is 10.2. The number of aromatic amines is 1. The molecule has 5 rings (SSSR count). The average molecular weight is 523 g/mol. The molecule has 37 heavy (non-hydrogen) atoms. The molecule has 2 atom stereocenters. The van der Waals surface area contributed by atoms with E-state index in [1.165, 1.54) is 17.0 Å². The largest absolute Gasteiger partial charge is 0.390 e. The van der Waals surface area contributed by atoms with Gasteiger partial charge in [0.1, 0.15) is 18.2 Å². The van der Waals surface area contributed by atoms with Gasteiger partial charge >= 0.3 is 0 Å². The number of para-hydroxylation sites is 1. The van der Waals surface area contributed by atoms with E-state index < -0.39 is 42.8 Å². The molecule has 3 aromatic rings. The number of anilines is 1. The fourth-order valence-electron chi connectivity index (χ4n) is 5.67. The number of aromatic nitrogens is 1. The zero-order valence-corrected chi connectivity index (χ0v) is 20.6. The van der Waals surface area contributed by atoms with Crippen LogP contribution in [0, 0.1) is 11.6 Å². The number of aliphatic hydroxyl groups excluding tert-OH is 1. The van der Waals surface area contributed by atoms with E-state index in [0.29, 0.717) is 38.2 Å². The molecule has 0 radical (unpaired) electrons. The third kappa shape index (κ3) is 5.06. The Hall–Kier alpha value is -2.69. The number of halogens is 5. The summed E-state index contributed by atoms with van der Waals surface area (Å²) in [5.41, 5.74) is 2.05. The first-order chi connectivity index (χ1) is 17.7. The first-order valence-corrected chi connectivity index (χ1v) is 12.6. The number of benzene rings is 2. The zero-order valence-electron chi connectivity index (χ0n) is 20.6. The minimum atomic E-state index is -3.44. The van der Waals surface area contributed by atoms with Crippen LogP contribution < -0.4 is 5.32 Å². The third-order valence-corrected chi connectivity index (χ3v) is 7.45. The number of rotatable bonds is 9. The summed E-state index contributed by atoms with van der Waals surface area (Å²) in [4.78, 5) is 6.66. The highest BCUT2D eigenvalue weighted by atomic mass is 19.3. The van der Waals surface area contributed by atoms with Crippen LogP contribution in [0.2, 0.25) is 0 Å². The van der Waals surface area contributed by atoms with Crippen molar-refractivity contribution in [3.63, 3.8) is 0 Å². The summed E-state index contributed by atoms with van der Waals surface area (Å²) < 4.78 is 72.5. The van der Waals surface area contributed by atoms with E-state index in [-0.39, 0.29) is 24.0 Å². The Morgan fingerprint density at radius 2 is 1.84 bits per heavy atom. The van der Waals surface area contributed by atoms with Gasteiger partial charge in [-0.2, -0.15) is 0 Å². The number of nitrogens with zero attached hydrogens (tertiary/aromatic N) is 2. The lowest BCUT2D eigenvalue weighted by Crippen LogP contribution is -2.54. The molecule has 5 nitrogen and oxygen atoms in total. The van der Waals surface area contributed by atoms with Gasteiger partial charge in [0.2, 0.25) is 0 Å². The molecule has 0 saturated carbocycles. The number of hydrogen-bond donors (Lipinski definition) is 3. The van der Waals surface area contributed by atoms with E-state index in [1.54, 1.807) is 6.92 Å². The molecule has 0 aliphatic carbocycles. The van der Waals surface area contributed by atoms with Crippen LogP contribution in [0.25, 0.3) is 10.9 Å². The number of H-pyrrole nitrogens is 1. The van der Waals surface area contributed by atoms with Crippen molar-refractivity contribution in [1.82, 2.24) is 14.8 Å². The monoisotopic (exact) mass is 522 g/mol. The van der Waals surface area contributed by atoms with Gasteiger partial charge in [0.25, 0.3) is 5.92 Å². The zero-order chi connectivity index (χ0) is 26.3. The predicted molar refractivity (Wildman–Crippen MR) is 133 cm³/mol. The third-order valence-electron chi connectivity index (χ3n) is 7.45. The van der Waals surface area contributed by atoms with Crippen LogP contribution in [0.15, 0.2) is 36.4 Å². The van der Waals surface area contributed by atoms with Gasteiger partial charge in [0.15, 0.2) is 0 Å². The summed E-state index contributed by atoms with van der Waals surface area (Å²) in [5.74, 6) is -5.11. The van der Waals surface area contributed by atoms with Crippen molar-refractivity contribution in [2.75, 3.05) is 44.8 Å². The molecular formula is C27H31F5N4O. The number of likely N-dealkylation sites (tertiary alicyclic amines) is 1. The van der Waals surface area contributed by atoms with E-state index in [0.717, 1.165) is 16.5 Å². The fourth-order valence-corrected chi connectivity index (χ4v) is 5.67. The summed E-state index contributed by atoms with van der Waals surface area (Å²) in [6.45, 7) is 1.09. The highest BCUT2D eigenvalue weighted by molar-refractivity contribution is 5.85. The Bertz CT molecular complexity index is 1240. The van der Waals surface area contributed by atoms with Crippen LogP contribution in [-0.4, -0.2) is 77.4 Å². The number of alkyl halides is 3. The smallest absolute Gasteiger partial charge is 0.283 e. The standard InChI is InChI=1S/C27H31F5N4O/c1-16-9-20-19-5-2-3-6-23(19)34-25(20)26(36(16)14-27(31,32)15-37)24-21(29)10-17(11-22(24)30)33-18-12-35(13-18)8-4-7-28/h2-3,5-6,10-11,16,18,26,33-34,37H,4,7-9,12-15H2,1H3/t16?,26-/m1/s1.